The number of guanidine groups is 1. The van der Waals surface area contributed by atoms with Crippen molar-refractivity contribution < 1.29 is 9.53 Å². The standard InChI is InChI=1S/C20H36N6O2.HI/c1-5-21-20(23-12-15-25(2)13-8-16-28-4)24-17-19(27)26(3)14-10-18-9-6-7-11-22-18;/h6-7,9,11H,5,8,10,12-17H2,1-4H3,(H2,21,23,24);1H. The van der Waals surface area contributed by atoms with Crippen LogP contribution in [0.1, 0.15) is 19.0 Å². The van der Waals surface area contributed by atoms with Crippen molar-refractivity contribution in [3.8, 4) is 0 Å². The number of carbonyl (C=O) groups is 1. The Balaban J connectivity index is 0.00000784. The number of methoxy groups -OCH3 is 1. The molecule has 29 heavy (non-hydrogen) atoms. The number of halogens is 1. The molecule has 1 aromatic rings. The van der Waals surface area contributed by atoms with Gasteiger partial charge in [0.05, 0.1) is 0 Å². The first kappa shape index (κ1) is 27.5. The number of ether oxygens (including phenoxy) is 1. The van der Waals surface area contributed by atoms with Gasteiger partial charge >= 0.3 is 0 Å². The van der Waals surface area contributed by atoms with E-state index in [1.165, 1.54) is 0 Å². The average molecular weight is 520 g/mol. The summed E-state index contributed by atoms with van der Waals surface area (Å²) in [5.74, 6) is 0.657. The number of amides is 1. The van der Waals surface area contributed by atoms with E-state index in [2.05, 4.69) is 32.6 Å². The minimum atomic E-state index is -0.00943. The number of nitrogens with one attached hydrogen (secondary N) is 2. The van der Waals surface area contributed by atoms with E-state index in [0.717, 1.165) is 51.3 Å². The van der Waals surface area contributed by atoms with Gasteiger partial charge < -0.3 is 25.2 Å². The van der Waals surface area contributed by atoms with Crippen LogP contribution in [0.2, 0.25) is 0 Å². The summed E-state index contributed by atoms with van der Waals surface area (Å²) in [6.07, 6.45) is 3.52. The fourth-order valence-corrected chi connectivity index (χ4v) is 2.52. The molecule has 0 bridgehead atoms. The van der Waals surface area contributed by atoms with Crippen LogP contribution < -0.4 is 10.6 Å². The molecule has 0 saturated heterocycles. The van der Waals surface area contributed by atoms with Crippen LogP contribution in [0.25, 0.3) is 0 Å². The molecule has 0 aliphatic carbocycles. The predicted octanol–water partition coefficient (Wildman–Crippen LogP) is 1.22. The lowest BCUT2D eigenvalue weighted by Gasteiger charge is -2.19. The van der Waals surface area contributed by atoms with Gasteiger partial charge in [0.2, 0.25) is 5.91 Å². The van der Waals surface area contributed by atoms with Gasteiger partial charge in [-0.05, 0) is 32.5 Å². The number of aromatic nitrogens is 1. The van der Waals surface area contributed by atoms with Crippen molar-refractivity contribution in [1.29, 1.82) is 0 Å². The van der Waals surface area contributed by atoms with E-state index in [1.54, 1.807) is 25.3 Å². The van der Waals surface area contributed by atoms with Gasteiger partial charge in [0.1, 0.15) is 6.54 Å². The van der Waals surface area contributed by atoms with Crippen LogP contribution in [-0.4, -0.2) is 93.7 Å². The van der Waals surface area contributed by atoms with Crippen molar-refractivity contribution in [2.45, 2.75) is 19.8 Å². The van der Waals surface area contributed by atoms with E-state index in [4.69, 9.17) is 4.74 Å². The first-order valence-corrected chi connectivity index (χ1v) is 9.90. The lowest BCUT2D eigenvalue weighted by atomic mass is 10.2. The Morgan fingerprint density at radius 2 is 2.00 bits per heavy atom. The molecule has 0 atom stereocenters. The molecule has 0 saturated carbocycles. The highest BCUT2D eigenvalue weighted by Crippen LogP contribution is 1.97. The van der Waals surface area contributed by atoms with Crippen molar-refractivity contribution in [3.63, 3.8) is 0 Å². The molecule has 1 amide bonds. The summed E-state index contributed by atoms with van der Waals surface area (Å²) >= 11 is 0. The first-order valence-electron chi connectivity index (χ1n) is 9.90. The van der Waals surface area contributed by atoms with Crippen LogP contribution in [0.3, 0.4) is 0 Å². The van der Waals surface area contributed by atoms with Crippen molar-refractivity contribution in [3.05, 3.63) is 30.1 Å². The molecule has 0 spiro atoms. The number of likely N-dealkylation sites (N-methyl/N-ethyl adjacent to an activating group) is 2. The smallest absolute Gasteiger partial charge is 0.244 e. The van der Waals surface area contributed by atoms with Gasteiger partial charge in [0.25, 0.3) is 0 Å². The number of aliphatic imine (C=N–C) groups is 1. The molecule has 1 aromatic heterocycles. The third-order valence-electron chi connectivity index (χ3n) is 4.25. The summed E-state index contributed by atoms with van der Waals surface area (Å²) in [4.78, 5) is 25.0. The molecule has 0 radical (unpaired) electrons. The summed E-state index contributed by atoms with van der Waals surface area (Å²) < 4.78 is 5.07. The third-order valence-corrected chi connectivity index (χ3v) is 4.25. The highest BCUT2D eigenvalue weighted by Gasteiger charge is 2.09. The Kier molecular flexibility index (Phi) is 16.5. The fourth-order valence-electron chi connectivity index (χ4n) is 2.52. The quantitative estimate of drug-likeness (QED) is 0.176. The Hall–Kier alpha value is -1.46. The predicted molar refractivity (Wildman–Crippen MR) is 129 cm³/mol. The molecule has 9 heteroatoms. The van der Waals surface area contributed by atoms with Gasteiger partial charge in [-0.2, -0.15) is 0 Å². The molecule has 0 aromatic carbocycles. The zero-order valence-electron chi connectivity index (χ0n) is 18.2. The molecule has 2 N–H and O–H groups in total. The van der Waals surface area contributed by atoms with Crippen LogP contribution >= 0.6 is 24.0 Å². The number of hydrogen-bond acceptors (Lipinski definition) is 5. The van der Waals surface area contributed by atoms with Gasteiger partial charge in [-0.15, -0.1) is 24.0 Å². The van der Waals surface area contributed by atoms with Crippen molar-refractivity contribution >= 4 is 35.8 Å². The summed E-state index contributed by atoms with van der Waals surface area (Å²) in [7, 11) is 5.61. The lowest BCUT2D eigenvalue weighted by molar-refractivity contribution is -0.128. The monoisotopic (exact) mass is 520 g/mol. The second kappa shape index (κ2) is 17.4. The van der Waals surface area contributed by atoms with Crippen molar-refractivity contribution in [1.82, 2.24) is 25.4 Å². The minimum Gasteiger partial charge on any atom is -0.385 e. The van der Waals surface area contributed by atoms with Crippen LogP contribution in [-0.2, 0) is 16.0 Å². The number of hydrogen-bond donors (Lipinski definition) is 2. The molecule has 0 aliphatic heterocycles. The van der Waals surface area contributed by atoms with Crippen molar-refractivity contribution in [2.75, 3.05) is 67.1 Å². The first-order chi connectivity index (χ1) is 13.6. The van der Waals surface area contributed by atoms with Crippen LogP contribution in [0.5, 0.6) is 0 Å². The molecule has 1 heterocycles. The zero-order chi connectivity index (χ0) is 20.6. The average Bonchev–Trinajstić information content (AvgIpc) is 2.71. The van der Waals surface area contributed by atoms with Gasteiger partial charge in [-0.25, -0.2) is 4.99 Å². The highest BCUT2D eigenvalue weighted by atomic mass is 127. The topological polar surface area (TPSA) is 82.1 Å². The van der Waals surface area contributed by atoms with Gasteiger partial charge in [-0.1, -0.05) is 6.07 Å². The highest BCUT2D eigenvalue weighted by molar-refractivity contribution is 14.0. The second-order valence-corrected chi connectivity index (χ2v) is 6.66. The van der Waals surface area contributed by atoms with Gasteiger partial charge in [-0.3, -0.25) is 9.78 Å². The lowest BCUT2D eigenvalue weighted by Crippen LogP contribution is -2.42. The number of carbonyl (C=O) groups excluding carboxylic acids is 1. The van der Waals surface area contributed by atoms with Crippen LogP contribution in [0, 0.1) is 0 Å². The maximum Gasteiger partial charge on any atom is 0.244 e. The molecule has 1 rings (SSSR count). The Morgan fingerprint density at radius 3 is 2.66 bits per heavy atom. The number of rotatable bonds is 13. The van der Waals surface area contributed by atoms with Gasteiger partial charge in [0, 0.05) is 71.8 Å². The van der Waals surface area contributed by atoms with E-state index >= 15 is 0 Å². The van der Waals surface area contributed by atoms with Crippen molar-refractivity contribution in [2.24, 2.45) is 4.99 Å². The Bertz CT molecular complexity index is 573. The van der Waals surface area contributed by atoms with Crippen LogP contribution in [0.15, 0.2) is 29.4 Å². The molecular formula is C20H37IN6O2. The largest absolute Gasteiger partial charge is 0.385 e. The van der Waals surface area contributed by atoms with E-state index in [9.17, 15) is 4.79 Å². The van der Waals surface area contributed by atoms with E-state index in [1.807, 2.05) is 25.1 Å². The van der Waals surface area contributed by atoms with E-state index < -0.39 is 0 Å². The number of nitrogens with zero attached hydrogens (tertiary/aromatic N) is 4. The molecular weight excluding hydrogens is 483 g/mol. The normalized spacial score (nSPS) is 11.1. The summed E-state index contributed by atoms with van der Waals surface area (Å²) in [6.45, 7) is 6.93. The zero-order valence-corrected chi connectivity index (χ0v) is 20.5. The summed E-state index contributed by atoms with van der Waals surface area (Å²) in [5.41, 5.74) is 0.982. The second-order valence-electron chi connectivity index (χ2n) is 6.66. The van der Waals surface area contributed by atoms with Crippen LogP contribution in [0.4, 0.5) is 0 Å². The fraction of sp³-hybridized carbons (Fsp3) is 0.650. The maximum absolute atomic E-state index is 12.3. The molecule has 0 aliphatic rings. The summed E-state index contributed by atoms with van der Waals surface area (Å²) in [6, 6.07) is 5.81. The molecule has 0 fully saturated rings. The Labute approximate surface area is 192 Å². The number of pyridine rings is 1. The Morgan fingerprint density at radius 1 is 1.21 bits per heavy atom. The third kappa shape index (κ3) is 13.4. The van der Waals surface area contributed by atoms with Gasteiger partial charge in [0.15, 0.2) is 5.96 Å². The molecule has 166 valence electrons. The minimum absolute atomic E-state index is 0. The van der Waals surface area contributed by atoms with E-state index in [-0.39, 0.29) is 36.4 Å². The summed E-state index contributed by atoms with van der Waals surface area (Å²) in [5, 5.41) is 6.46. The molecule has 8 nitrogen and oxygen atoms in total. The SMILES string of the molecule is CCNC(=NCC(=O)N(C)CCc1ccccn1)NCCN(C)CCCOC.I. The van der Waals surface area contributed by atoms with E-state index in [0.29, 0.717) is 12.5 Å². The molecule has 0 unspecified atom stereocenters. The maximum atomic E-state index is 12.3.